The Balaban J connectivity index is 2.14. The molecule has 0 saturated carbocycles. The molecule has 1 aliphatic rings. The zero-order valence-corrected chi connectivity index (χ0v) is 13.3. The smallest absolute Gasteiger partial charge is 0.227 e. The van der Waals surface area contributed by atoms with E-state index in [-0.39, 0.29) is 6.10 Å². The van der Waals surface area contributed by atoms with Crippen molar-refractivity contribution < 1.29 is 9.47 Å². The average Bonchev–Trinajstić information content (AvgIpc) is 3.06. The highest BCUT2D eigenvalue weighted by molar-refractivity contribution is 5.93. The highest BCUT2D eigenvalue weighted by Gasteiger charge is 2.21. The zero-order chi connectivity index (χ0) is 15.5. The van der Waals surface area contributed by atoms with Crippen LogP contribution in [0.3, 0.4) is 0 Å². The topological polar surface area (TPSA) is 69.2 Å². The van der Waals surface area contributed by atoms with Crippen molar-refractivity contribution in [2.75, 3.05) is 25.6 Å². The lowest BCUT2D eigenvalue weighted by Crippen LogP contribution is -2.17. The van der Waals surface area contributed by atoms with Gasteiger partial charge in [0.25, 0.3) is 0 Å². The molecule has 0 aromatic carbocycles. The van der Waals surface area contributed by atoms with E-state index >= 15 is 0 Å². The van der Waals surface area contributed by atoms with Gasteiger partial charge in [0.05, 0.1) is 18.7 Å². The van der Waals surface area contributed by atoms with Crippen LogP contribution in [-0.2, 0) is 17.6 Å². The van der Waals surface area contributed by atoms with Crippen LogP contribution in [0.2, 0.25) is 0 Å². The molecule has 2 aromatic heterocycles. The third kappa shape index (κ3) is 2.83. The predicted octanol–water partition coefficient (Wildman–Crippen LogP) is 2.36. The molecule has 1 unspecified atom stereocenters. The second kappa shape index (κ2) is 6.44. The van der Waals surface area contributed by atoms with Gasteiger partial charge in [-0.15, -0.1) is 0 Å². The van der Waals surface area contributed by atoms with Crippen LogP contribution in [0.5, 0.6) is 5.88 Å². The number of anilines is 1. The monoisotopic (exact) mass is 302 g/mol. The maximum atomic E-state index is 6.09. The van der Waals surface area contributed by atoms with Gasteiger partial charge in [-0.05, 0) is 12.5 Å². The summed E-state index contributed by atoms with van der Waals surface area (Å²) in [6.07, 6.45) is 2.58. The fraction of sp³-hybridized carbons (Fsp3) is 0.562. The molecule has 1 atom stereocenters. The maximum absolute atomic E-state index is 6.09. The summed E-state index contributed by atoms with van der Waals surface area (Å²) in [4.78, 5) is 13.8. The second-order valence-electron chi connectivity index (χ2n) is 5.36. The minimum Gasteiger partial charge on any atom is -0.471 e. The molecule has 118 valence electrons. The summed E-state index contributed by atoms with van der Waals surface area (Å²) in [6, 6.07) is 2.02. The maximum Gasteiger partial charge on any atom is 0.227 e. The first-order valence-electron chi connectivity index (χ1n) is 7.87. The van der Waals surface area contributed by atoms with Crippen LogP contribution in [0.25, 0.3) is 10.9 Å². The summed E-state index contributed by atoms with van der Waals surface area (Å²) in [7, 11) is 1.86. The van der Waals surface area contributed by atoms with Crippen molar-refractivity contribution >= 4 is 16.7 Å². The van der Waals surface area contributed by atoms with Crippen LogP contribution < -0.4 is 10.1 Å². The van der Waals surface area contributed by atoms with Crippen LogP contribution in [-0.4, -0.2) is 41.3 Å². The number of ether oxygens (including phenoxy) is 2. The molecular formula is C16H22N4O2. The van der Waals surface area contributed by atoms with Gasteiger partial charge in [0.1, 0.15) is 23.1 Å². The second-order valence-corrected chi connectivity index (χ2v) is 5.36. The summed E-state index contributed by atoms with van der Waals surface area (Å²) in [5.74, 6) is 2.20. The molecule has 2 aromatic rings. The largest absolute Gasteiger partial charge is 0.471 e. The van der Waals surface area contributed by atoms with Gasteiger partial charge in [-0.1, -0.05) is 13.8 Å². The van der Waals surface area contributed by atoms with Gasteiger partial charge in [-0.25, -0.2) is 15.0 Å². The van der Waals surface area contributed by atoms with Crippen molar-refractivity contribution in [1.29, 1.82) is 0 Å². The number of rotatable bonds is 5. The molecule has 0 amide bonds. The molecule has 1 N–H and O–H groups in total. The lowest BCUT2D eigenvalue weighted by atomic mass is 10.2. The van der Waals surface area contributed by atoms with Crippen molar-refractivity contribution in [3.05, 3.63) is 17.6 Å². The molecule has 0 spiro atoms. The molecule has 1 fully saturated rings. The Labute approximate surface area is 130 Å². The van der Waals surface area contributed by atoms with E-state index in [4.69, 9.17) is 9.47 Å². The highest BCUT2D eigenvalue weighted by Crippen LogP contribution is 2.31. The highest BCUT2D eigenvalue weighted by atomic mass is 16.5. The van der Waals surface area contributed by atoms with Crippen LogP contribution in [0.1, 0.15) is 31.8 Å². The van der Waals surface area contributed by atoms with Crippen molar-refractivity contribution in [1.82, 2.24) is 15.0 Å². The molecule has 0 bridgehead atoms. The van der Waals surface area contributed by atoms with Crippen molar-refractivity contribution in [3.63, 3.8) is 0 Å². The number of aromatic nitrogens is 3. The van der Waals surface area contributed by atoms with Crippen LogP contribution in [0.4, 0.5) is 5.82 Å². The van der Waals surface area contributed by atoms with E-state index in [2.05, 4.69) is 34.1 Å². The third-order valence-corrected chi connectivity index (χ3v) is 3.83. The third-order valence-electron chi connectivity index (χ3n) is 3.83. The fourth-order valence-corrected chi connectivity index (χ4v) is 2.59. The summed E-state index contributed by atoms with van der Waals surface area (Å²) in [5, 5.41) is 4.00. The summed E-state index contributed by atoms with van der Waals surface area (Å²) >= 11 is 0. The quantitative estimate of drug-likeness (QED) is 0.914. The Bertz CT molecular complexity index is 663. The lowest BCUT2D eigenvalue weighted by Gasteiger charge is -2.16. The predicted molar refractivity (Wildman–Crippen MR) is 85.5 cm³/mol. The van der Waals surface area contributed by atoms with Gasteiger partial charge in [-0.3, -0.25) is 0 Å². The Hall–Kier alpha value is -1.95. The SMILES string of the molecule is CCc1cc2nc(CC)nc(NC)c2c(OC2CCOC2)n1. The van der Waals surface area contributed by atoms with E-state index in [1.807, 2.05) is 13.1 Å². The molecule has 6 nitrogen and oxygen atoms in total. The fourth-order valence-electron chi connectivity index (χ4n) is 2.59. The molecule has 6 heteroatoms. The molecule has 0 radical (unpaired) electrons. The van der Waals surface area contributed by atoms with E-state index in [1.165, 1.54) is 0 Å². The normalized spacial score (nSPS) is 17.9. The van der Waals surface area contributed by atoms with Crippen LogP contribution in [0, 0.1) is 0 Å². The Morgan fingerprint density at radius 2 is 2.14 bits per heavy atom. The number of nitrogens with one attached hydrogen (secondary N) is 1. The first-order valence-corrected chi connectivity index (χ1v) is 7.87. The minimum atomic E-state index is 0.0540. The van der Waals surface area contributed by atoms with Gasteiger partial charge in [0, 0.05) is 25.6 Å². The molecule has 1 aliphatic heterocycles. The van der Waals surface area contributed by atoms with Gasteiger partial charge in [0.2, 0.25) is 5.88 Å². The summed E-state index contributed by atoms with van der Waals surface area (Å²) < 4.78 is 11.5. The van der Waals surface area contributed by atoms with Crippen LogP contribution in [0.15, 0.2) is 6.07 Å². The zero-order valence-electron chi connectivity index (χ0n) is 13.3. The molecule has 3 heterocycles. The Morgan fingerprint density at radius 1 is 1.27 bits per heavy atom. The number of nitrogens with zero attached hydrogens (tertiary/aromatic N) is 3. The number of hydrogen-bond donors (Lipinski definition) is 1. The van der Waals surface area contributed by atoms with E-state index in [1.54, 1.807) is 0 Å². The Kier molecular flexibility index (Phi) is 4.38. The standard InChI is InChI=1S/C16H22N4O2/c1-4-10-8-12-14(15(17-3)20-13(5-2)19-12)16(18-10)22-11-6-7-21-9-11/h8,11H,4-7,9H2,1-3H3,(H,17,19,20). The first kappa shape index (κ1) is 15.0. The van der Waals surface area contributed by atoms with Crippen LogP contribution >= 0.6 is 0 Å². The van der Waals surface area contributed by atoms with Crippen molar-refractivity contribution in [2.24, 2.45) is 0 Å². The van der Waals surface area contributed by atoms with Gasteiger partial charge >= 0.3 is 0 Å². The molecular weight excluding hydrogens is 280 g/mol. The molecule has 0 aliphatic carbocycles. The van der Waals surface area contributed by atoms with Gasteiger partial charge < -0.3 is 14.8 Å². The minimum absolute atomic E-state index is 0.0540. The first-order chi connectivity index (χ1) is 10.7. The average molecular weight is 302 g/mol. The summed E-state index contributed by atoms with van der Waals surface area (Å²) in [5.41, 5.74) is 1.86. The number of hydrogen-bond acceptors (Lipinski definition) is 6. The number of pyridine rings is 1. The Morgan fingerprint density at radius 3 is 2.77 bits per heavy atom. The summed E-state index contributed by atoms with van der Waals surface area (Å²) in [6.45, 7) is 5.49. The van der Waals surface area contributed by atoms with E-state index in [9.17, 15) is 0 Å². The number of fused-ring (bicyclic) bond motifs is 1. The lowest BCUT2D eigenvalue weighted by molar-refractivity contribution is 0.139. The molecule has 1 saturated heterocycles. The van der Waals surface area contributed by atoms with E-state index in [0.29, 0.717) is 12.5 Å². The van der Waals surface area contributed by atoms with Crippen molar-refractivity contribution in [2.45, 2.75) is 39.2 Å². The number of aryl methyl sites for hydroxylation is 2. The van der Waals surface area contributed by atoms with Gasteiger partial charge in [0.15, 0.2) is 0 Å². The van der Waals surface area contributed by atoms with Gasteiger partial charge in [-0.2, -0.15) is 0 Å². The van der Waals surface area contributed by atoms with E-state index < -0.39 is 0 Å². The van der Waals surface area contributed by atoms with Crippen molar-refractivity contribution in [3.8, 4) is 5.88 Å². The van der Waals surface area contributed by atoms with E-state index in [0.717, 1.165) is 54.1 Å². The molecule has 22 heavy (non-hydrogen) atoms. The molecule has 3 rings (SSSR count).